The molecule has 0 aliphatic carbocycles. The standard InChI is InChI=1S/C18H18ClN5O2/c19-16-7-8-17(23-22-16)24-10-1-2-13(12-24)18(25)21-14-3-5-15(6-4-14)26-11-9-20/h3-8,13H,1-2,10-12H2,(H,21,25)/t13-/m1/s1. The number of anilines is 2. The molecule has 1 aliphatic rings. The summed E-state index contributed by atoms with van der Waals surface area (Å²) in [6.45, 7) is 1.42. The topological polar surface area (TPSA) is 91.1 Å². The van der Waals surface area contributed by atoms with Crippen LogP contribution in [0.3, 0.4) is 0 Å². The molecule has 1 amide bonds. The molecule has 26 heavy (non-hydrogen) atoms. The normalized spacial score (nSPS) is 16.6. The molecular weight excluding hydrogens is 354 g/mol. The van der Waals surface area contributed by atoms with E-state index < -0.39 is 0 Å². The van der Waals surface area contributed by atoms with Crippen LogP contribution in [0.2, 0.25) is 5.15 Å². The van der Waals surface area contributed by atoms with Gasteiger partial charge in [0.05, 0.1) is 5.92 Å². The maximum absolute atomic E-state index is 12.6. The molecule has 1 fully saturated rings. The summed E-state index contributed by atoms with van der Waals surface area (Å²) in [5.41, 5.74) is 0.697. The Bertz CT molecular complexity index is 789. The lowest BCUT2D eigenvalue weighted by Gasteiger charge is -2.32. The Hall–Kier alpha value is -2.85. The van der Waals surface area contributed by atoms with Gasteiger partial charge in [-0.2, -0.15) is 5.26 Å². The molecule has 8 heteroatoms. The number of ether oxygens (including phenoxy) is 1. The molecular formula is C18H18ClN5O2. The molecule has 1 aliphatic heterocycles. The molecule has 1 atom stereocenters. The van der Waals surface area contributed by atoms with Crippen molar-refractivity contribution in [2.24, 2.45) is 5.92 Å². The highest BCUT2D eigenvalue weighted by atomic mass is 35.5. The SMILES string of the molecule is N#CCOc1ccc(NC(=O)[C@@H]2CCCN(c3ccc(Cl)nn3)C2)cc1. The minimum absolute atomic E-state index is 0.00277. The van der Waals surface area contributed by atoms with Gasteiger partial charge in [-0.15, -0.1) is 10.2 Å². The van der Waals surface area contributed by atoms with Gasteiger partial charge < -0.3 is 15.0 Å². The summed E-state index contributed by atoms with van der Waals surface area (Å²) in [7, 11) is 0. The first-order valence-electron chi connectivity index (χ1n) is 8.30. The summed E-state index contributed by atoms with van der Waals surface area (Å²) in [6, 6.07) is 12.4. The quantitative estimate of drug-likeness (QED) is 0.868. The van der Waals surface area contributed by atoms with Crippen LogP contribution >= 0.6 is 11.6 Å². The maximum atomic E-state index is 12.6. The van der Waals surface area contributed by atoms with Gasteiger partial charge in [-0.25, -0.2) is 0 Å². The van der Waals surface area contributed by atoms with Crippen LogP contribution in [0.5, 0.6) is 5.75 Å². The highest BCUT2D eigenvalue weighted by molar-refractivity contribution is 6.29. The number of nitrogens with one attached hydrogen (secondary N) is 1. The third kappa shape index (κ3) is 4.61. The third-order valence-electron chi connectivity index (χ3n) is 4.16. The van der Waals surface area contributed by atoms with Gasteiger partial charge in [0.15, 0.2) is 17.6 Å². The number of carbonyl (C=O) groups excluding carboxylic acids is 1. The zero-order valence-electron chi connectivity index (χ0n) is 14.1. The fourth-order valence-corrected chi connectivity index (χ4v) is 2.97. The van der Waals surface area contributed by atoms with Gasteiger partial charge in [-0.05, 0) is 49.2 Å². The van der Waals surface area contributed by atoms with E-state index in [1.165, 1.54) is 0 Å². The third-order valence-corrected chi connectivity index (χ3v) is 4.36. The zero-order chi connectivity index (χ0) is 18.4. The summed E-state index contributed by atoms with van der Waals surface area (Å²) < 4.78 is 5.20. The lowest BCUT2D eigenvalue weighted by atomic mass is 9.97. The number of hydrogen-bond acceptors (Lipinski definition) is 6. The highest BCUT2D eigenvalue weighted by Gasteiger charge is 2.26. The van der Waals surface area contributed by atoms with E-state index in [0.717, 1.165) is 25.2 Å². The predicted octanol–water partition coefficient (Wildman–Crippen LogP) is 2.89. The number of carbonyl (C=O) groups is 1. The van der Waals surface area contributed by atoms with Crippen molar-refractivity contribution < 1.29 is 9.53 Å². The number of amides is 1. The number of rotatable bonds is 5. The molecule has 0 radical (unpaired) electrons. The molecule has 134 valence electrons. The predicted molar refractivity (Wildman–Crippen MR) is 98.2 cm³/mol. The van der Waals surface area contributed by atoms with E-state index in [1.807, 2.05) is 12.1 Å². The van der Waals surface area contributed by atoms with E-state index in [2.05, 4.69) is 20.4 Å². The molecule has 0 spiro atoms. The second kappa shape index (κ2) is 8.50. The smallest absolute Gasteiger partial charge is 0.229 e. The van der Waals surface area contributed by atoms with Crippen LogP contribution in [0.15, 0.2) is 36.4 Å². The second-order valence-corrected chi connectivity index (χ2v) is 6.35. The van der Waals surface area contributed by atoms with E-state index in [1.54, 1.807) is 30.3 Å². The van der Waals surface area contributed by atoms with Crippen molar-refractivity contribution >= 4 is 29.0 Å². The molecule has 3 rings (SSSR count). The summed E-state index contributed by atoms with van der Waals surface area (Å²) in [5.74, 6) is 1.17. The fourth-order valence-electron chi connectivity index (χ4n) is 2.87. The summed E-state index contributed by atoms with van der Waals surface area (Å²) >= 11 is 5.78. The molecule has 1 aromatic heterocycles. The van der Waals surface area contributed by atoms with Crippen LogP contribution in [0.4, 0.5) is 11.5 Å². The number of aromatic nitrogens is 2. The van der Waals surface area contributed by atoms with Gasteiger partial charge in [-0.3, -0.25) is 4.79 Å². The van der Waals surface area contributed by atoms with Gasteiger partial charge in [0, 0.05) is 18.8 Å². The van der Waals surface area contributed by atoms with E-state index in [9.17, 15) is 4.79 Å². The number of piperidine rings is 1. The lowest BCUT2D eigenvalue weighted by Crippen LogP contribution is -2.41. The van der Waals surface area contributed by atoms with Crippen LogP contribution in [0.25, 0.3) is 0 Å². The molecule has 0 unspecified atom stereocenters. The number of nitrogens with zero attached hydrogens (tertiary/aromatic N) is 4. The molecule has 1 aromatic carbocycles. The summed E-state index contributed by atoms with van der Waals surface area (Å²) in [6.07, 6.45) is 1.73. The largest absolute Gasteiger partial charge is 0.479 e. The van der Waals surface area contributed by atoms with E-state index >= 15 is 0 Å². The average molecular weight is 372 g/mol. The van der Waals surface area contributed by atoms with Crippen LogP contribution < -0.4 is 15.0 Å². The van der Waals surface area contributed by atoms with Gasteiger partial charge in [0.2, 0.25) is 5.91 Å². The summed E-state index contributed by atoms with van der Waals surface area (Å²) in [5, 5.41) is 19.7. The molecule has 0 bridgehead atoms. The van der Waals surface area contributed by atoms with Crippen molar-refractivity contribution in [1.82, 2.24) is 10.2 Å². The minimum atomic E-state index is -0.129. The van der Waals surface area contributed by atoms with Crippen LogP contribution in [-0.2, 0) is 4.79 Å². The van der Waals surface area contributed by atoms with Gasteiger partial charge in [0.1, 0.15) is 11.8 Å². The van der Waals surface area contributed by atoms with Gasteiger partial charge in [0.25, 0.3) is 0 Å². The summed E-state index contributed by atoms with van der Waals surface area (Å²) in [4.78, 5) is 14.6. The monoisotopic (exact) mass is 371 g/mol. The van der Waals surface area contributed by atoms with Crippen molar-refractivity contribution in [3.8, 4) is 11.8 Å². The molecule has 7 nitrogen and oxygen atoms in total. The Morgan fingerprint density at radius 3 is 2.81 bits per heavy atom. The molecule has 0 saturated carbocycles. The van der Waals surface area contributed by atoms with Crippen molar-refractivity contribution in [2.45, 2.75) is 12.8 Å². The molecule has 1 saturated heterocycles. The van der Waals surface area contributed by atoms with Gasteiger partial charge >= 0.3 is 0 Å². The fraction of sp³-hybridized carbons (Fsp3) is 0.333. The number of nitriles is 1. The Balaban J connectivity index is 1.58. The first-order valence-corrected chi connectivity index (χ1v) is 8.68. The molecule has 1 N–H and O–H groups in total. The van der Waals surface area contributed by atoms with Crippen LogP contribution in [-0.4, -0.2) is 35.8 Å². The Labute approximate surface area is 156 Å². The van der Waals surface area contributed by atoms with E-state index in [4.69, 9.17) is 21.6 Å². The van der Waals surface area contributed by atoms with Crippen molar-refractivity contribution in [2.75, 3.05) is 29.9 Å². The number of benzene rings is 1. The highest BCUT2D eigenvalue weighted by Crippen LogP contribution is 2.23. The van der Waals surface area contributed by atoms with Crippen molar-refractivity contribution in [3.63, 3.8) is 0 Å². The Morgan fingerprint density at radius 2 is 2.12 bits per heavy atom. The first-order chi connectivity index (χ1) is 12.7. The lowest BCUT2D eigenvalue weighted by molar-refractivity contribution is -0.120. The Morgan fingerprint density at radius 1 is 1.31 bits per heavy atom. The molecule has 2 aromatic rings. The first kappa shape index (κ1) is 18.0. The maximum Gasteiger partial charge on any atom is 0.229 e. The van der Waals surface area contributed by atoms with Crippen LogP contribution in [0, 0.1) is 17.2 Å². The average Bonchev–Trinajstić information content (AvgIpc) is 2.68. The van der Waals surface area contributed by atoms with Crippen molar-refractivity contribution in [3.05, 3.63) is 41.6 Å². The molecule has 2 heterocycles. The van der Waals surface area contributed by atoms with Gasteiger partial charge in [-0.1, -0.05) is 11.6 Å². The zero-order valence-corrected chi connectivity index (χ0v) is 14.8. The van der Waals surface area contributed by atoms with E-state index in [-0.39, 0.29) is 18.4 Å². The second-order valence-electron chi connectivity index (χ2n) is 5.96. The van der Waals surface area contributed by atoms with Crippen LogP contribution in [0.1, 0.15) is 12.8 Å². The minimum Gasteiger partial charge on any atom is -0.479 e. The van der Waals surface area contributed by atoms with Crippen molar-refractivity contribution in [1.29, 1.82) is 5.26 Å². The Kier molecular flexibility index (Phi) is 5.87. The van der Waals surface area contributed by atoms with E-state index in [0.29, 0.717) is 23.1 Å². The number of hydrogen-bond donors (Lipinski definition) is 1. The number of halogens is 1.